The lowest BCUT2D eigenvalue weighted by molar-refractivity contribution is 0.123. The Balaban J connectivity index is 2.01. The van der Waals surface area contributed by atoms with Gasteiger partial charge in [-0.05, 0) is 18.6 Å². The highest BCUT2D eigenvalue weighted by Gasteiger charge is 2.37. The number of nitrogens with zero attached hydrogens (tertiary/aromatic N) is 2. The molecule has 0 saturated heterocycles. The van der Waals surface area contributed by atoms with Crippen LogP contribution in [0.1, 0.15) is 6.42 Å². The Hall–Kier alpha value is -1.61. The first-order valence-corrected chi connectivity index (χ1v) is 9.06. The molecule has 2 rings (SSSR count). The summed E-state index contributed by atoms with van der Waals surface area (Å²) in [5, 5.41) is 0. The van der Waals surface area contributed by atoms with Crippen molar-refractivity contribution in [2.45, 2.75) is 12.5 Å². The normalized spacial score (nSPS) is 14.3. The third-order valence-electron chi connectivity index (χ3n) is 3.94. The van der Waals surface area contributed by atoms with Crippen molar-refractivity contribution >= 4 is 26.2 Å². The summed E-state index contributed by atoms with van der Waals surface area (Å²) < 4.78 is 16.3. The zero-order chi connectivity index (χ0) is 16.2. The maximum absolute atomic E-state index is 11.6. The zero-order valence-electron chi connectivity index (χ0n) is 13.2. The smallest absolute Gasteiger partial charge is 0.377 e. The van der Waals surface area contributed by atoms with E-state index >= 15 is 0 Å². The molecule has 7 nitrogen and oxygen atoms in total. The highest BCUT2D eigenvalue weighted by atomic mass is 28.4. The Kier molecular flexibility index (Phi) is 5.41. The SMILES string of the molecule is CO[Si](CCCN1CN(C(N)=O)c2ccccc21)(OC)OC. The van der Waals surface area contributed by atoms with Crippen LogP contribution in [-0.2, 0) is 13.3 Å². The number of anilines is 2. The van der Waals surface area contributed by atoms with E-state index in [1.165, 1.54) is 0 Å². The lowest BCUT2D eigenvalue weighted by Gasteiger charge is -2.26. The van der Waals surface area contributed by atoms with Gasteiger partial charge < -0.3 is 23.9 Å². The molecule has 0 radical (unpaired) electrons. The van der Waals surface area contributed by atoms with Crippen LogP contribution in [0.25, 0.3) is 0 Å². The van der Waals surface area contributed by atoms with Gasteiger partial charge >= 0.3 is 14.8 Å². The Morgan fingerprint density at radius 2 is 1.77 bits per heavy atom. The van der Waals surface area contributed by atoms with Crippen LogP contribution >= 0.6 is 0 Å². The molecule has 1 aromatic rings. The van der Waals surface area contributed by atoms with Crippen molar-refractivity contribution in [1.82, 2.24) is 0 Å². The molecule has 2 N–H and O–H groups in total. The summed E-state index contributed by atoms with van der Waals surface area (Å²) in [7, 11) is 2.28. The summed E-state index contributed by atoms with van der Waals surface area (Å²) in [5.41, 5.74) is 7.31. The van der Waals surface area contributed by atoms with E-state index in [1.807, 2.05) is 24.3 Å². The second-order valence-electron chi connectivity index (χ2n) is 5.06. The summed E-state index contributed by atoms with van der Waals surface area (Å²) in [6, 6.07) is 8.02. The van der Waals surface area contributed by atoms with Crippen LogP contribution in [0.2, 0.25) is 6.04 Å². The van der Waals surface area contributed by atoms with E-state index in [-0.39, 0.29) is 0 Å². The first-order valence-electron chi connectivity index (χ1n) is 7.13. The highest BCUT2D eigenvalue weighted by Crippen LogP contribution is 2.35. The lowest BCUT2D eigenvalue weighted by Crippen LogP contribution is -2.44. The highest BCUT2D eigenvalue weighted by molar-refractivity contribution is 6.60. The number of urea groups is 1. The van der Waals surface area contributed by atoms with Crippen molar-refractivity contribution in [3.05, 3.63) is 24.3 Å². The van der Waals surface area contributed by atoms with E-state index in [9.17, 15) is 4.79 Å². The molecule has 122 valence electrons. The maximum Gasteiger partial charge on any atom is 0.500 e. The van der Waals surface area contributed by atoms with Crippen molar-refractivity contribution in [1.29, 1.82) is 0 Å². The molecule has 1 aliphatic heterocycles. The lowest BCUT2D eigenvalue weighted by atomic mass is 10.2. The molecule has 0 unspecified atom stereocenters. The summed E-state index contributed by atoms with van der Waals surface area (Å²) in [6.45, 7) is 1.24. The van der Waals surface area contributed by atoms with Gasteiger partial charge in [0.25, 0.3) is 0 Å². The molecule has 22 heavy (non-hydrogen) atoms. The Morgan fingerprint density at radius 1 is 1.18 bits per heavy atom. The molecule has 2 amide bonds. The van der Waals surface area contributed by atoms with Gasteiger partial charge in [0.1, 0.15) is 0 Å². The fourth-order valence-corrected chi connectivity index (χ4v) is 4.41. The molecule has 0 fully saturated rings. The van der Waals surface area contributed by atoms with E-state index in [4.69, 9.17) is 19.0 Å². The average molecular weight is 325 g/mol. The van der Waals surface area contributed by atoms with Crippen LogP contribution in [0.3, 0.4) is 0 Å². The number of fused-ring (bicyclic) bond motifs is 1. The number of benzene rings is 1. The number of para-hydroxylation sites is 2. The standard InChI is InChI=1S/C14H23N3O4Si/c1-19-22(20-2,21-3)10-6-9-16-11-17(14(15)18)13-8-5-4-7-12(13)16/h4-5,7-8H,6,9-11H2,1-3H3,(H2,15,18). The number of amides is 2. The summed E-state index contributed by atoms with van der Waals surface area (Å²) >= 11 is 0. The van der Waals surface area contributed by atoms with E-state index in [1.54, 1.807) is 26.2 Å². The number of hydrogen-bond acceptors (Lipinski definition) is 5. The molecule has 0 aromatic heterocycles. The predicted octanol–water partition coefficient (Wildman–Crippen LogP) is 1.62. The molecule has 1 aromatic carbocycles. The molecular formula is C14H23N3O4Si. The summed E-state index contributed by atoms with van der Waals surface area (Å²) in [5.74, 6) is 0. The van der Waals surface area contributed by atoms with Gasteiger partial charge in [0, 0.05) is 33.9 Å². The van der Waals surface area contributed by atoms with E-state index in [2.05, 4.69) is 4.90 Å². The minimum absolute atomic E-state index is 0.440. The largest absolute Gasteiger partial charge is 0.500 e. The number of nitrogens with two attached hydrogens (primary N) is 1. The van der Waals surface area contributed by atoms with Crippen LogP contribution in [0.15, 0.2) is 24.3 Å². The summed E-state index contributed by atoms with van der Waals surface area (Å²) in [4.78, 5) is 15.2. The fraction of sp³-hybridized carbons (Fsp3) is 0.500. The van der Waals surface area contributed by atoms with Crippen LogP contribution in [0.4, 0.5) is 16.2 Å². The second-order valence-corrected chi connectivity index (χ2v) is 8.15. The Labute approximate surface area is 131 Å². The van der Waals surface area contributed by atoms with Crippen molar-refractivity contribution < 1.29 is 18.1 Å². The third-order valence-corrected chi connectivity index (χ3v) is 6.77. The van der Waals surface area contributed by atoms with Crippen LogP contribution < -0.4 is 15.5 Å². The fourth-order valence-electron chi connectivity index (χ4n) is 2.71. The van der Waals surface area contributed by atoms with Crippen molar-refractivity contribution in [3.63, 3.8) is 0 Å². The van der Waals surface area contributed by atoms with Crippen LogP contribution in [-0.4, -0.2) is 49.4 Å². The van der Waals surface area contributed by atoms with Crippen molar-refractivity contribution in [2.75, 3.05) is 44.3 Å². The van der Waals surface area contributed by atoms with Crippen LogP contribution in [0, 0.1) is 0 Å². The number of rotatable bonds is 7. The Morgan fingerprint density at radius 3 is 2.32 bits per heavy atom. The van der Waals surface area contributed by atoms with Crippen LogP contribution in [0.5, 0.6) is 0 Å². The number of hydrogen-bond donors (Lipinski definition) is 1. The molecule has 0 aliphatic carbocycles. The minimum Gasteiger partial charge on any atom is -0.377 e. The zero-order valence-corrected chi connectivity index (χ0v) is 14.2. The minimum atomic E-state index is -2.55. The quantitative estimate of drug-likeness (QED) is 0.771. The van der Waals surface area contributed by atoms with Crippen molar-refractivity contribution in [2.24, 2.45) is 5.73 Å². The van der Waals surface area contributed by atoms with Gasteiger partial charge in [0.05, 0.1) is 18.0 Å². The first-order chi connectivity index (χ1) is 10.6. The van der Waals surface area contributed by atoms with E-state index in [0.29, 0.717) is 12.7 Å². The van der Waals surface area contributed by atoms with E-state index < -0.39 is 14.8 Å². The molecule has 0 atom stereocenters. The van der Waals surface area contributed by atoms with Gasteiger partial charge in [-0.25, -0.2) is 4.79 Å². The maximum atomic E-state index is 11.6. The second kappa shape index (κ2) is 7.10. The molecule has 0 bridgehead atoms. The van der Waals surface area contributed by atoms with Gasteiger partial charge in [-0.1, -0.05) is 12.1 Å². The molecule has 0 saturated carbocycles. The van der Waals surface area contributed by atoms with Gasteiger partial charge in [0.15, 0.2) is 0 Å². The third kappa shape index (κ3) is 3.25. The van der Waals surface area contributed by atoms with Gasteiger partial charge in [-0.2, -0.15) is 0 Å². The number of carbonyl (C=O) groups excluding carboxylic acids is 1. The molecule has 8 heteroatoms. The van der Waals surface area contributed by atoms with Gasteiger partial charge in [-0.3, -0.25) is 4.90 Å². The molecule has 0 spiro atoms. The predicted molar refractivity (Wildman–Crippen MR) is 86.9 cm³/mol. The molecule has 1 heterocycles. The monoisotopic (exact) mass is 325 g/mol. The number of carbonyl (C=O) groups is 1. The molecule has 1 aliphatic rings. The molecular weight excluding hydrogens is 302 g/mol. The van der Waals surface area contributed by atoms with Crippen molar-refractivity contribution in [3.8, 4) is 0 Å². The van der Waals surface area contributed by atoms with Gasteiger partial charge in [0.2, 0.25) is 0 Å². The number of primary amides is 1. The van der Waals surface area contributed by atoms with Gasteiger partial charge in [-0.15, -0.1) is 0 Å². The topological polar surface area (TPSA) is 77.3 Å². The summed E-state index contributed by atoms with van der Waals surface area (Å²) in [6.07, 6.45) is 0.836. The Bertz CT molecular complexity index is 516. The first kappa shape index (κ1) is 16.8. The van der Waals surface area contributed by atoms with E-state index in [0.717, 1.165) is 24.3 Å². The average Bonchev–Trinajstić information content (AvgIpc) is 2.91.